The number of para-hydroxylation sites is 1. The summed E-state index contributed by atoms with van der Waals surface area (Å²) in [4.78, 5) is 14.6. The van der Waals surface area contributed by atoms with Crippen molar-refractivity contribution in [3.63, 3.8) is 0 Å². The second-order valence-corrected chi connectivity index (χ2v) is 13.9. The van der Waals surface area contributed by atoms with Crippen molar-refractivity contribution in [2.45, 2.75) is 37.6 Å². The van der Waals surface area contributed by atoms with Crippen LogP contribution >= 0.6 is 0 Å². The van der Waals surface area contributed by atoms with Gasteiger partial charge in [-0.25, -0.2) is 8.42 Å². The molecule has 178 valence electrons. The minimum atomic E-state index is -4.41. The van der Waals surface area contributed by atoms with E-state index in [1.165, 1.54) is 45.2 Å². The summed E-state index contributed by atoms with van der Waals surface area (Å²) in [5.41, 5.74) is 0.460. The normalized spacial score (nSPS) is 22.1. The molecule has 0 spiro atoms. The fraction of sp³-hybridized carbons (Fsp3) is 0.714. The molecule has 1 heterocycles. The molecule has 3 rings (SSSR count). The van der Waals surface area contributed by atoms with Gasteiger partial charge in [-0.05, 0) is 11.6 Å². The minimum Gasteiger partial charge on any atom is -0.726 e. The first-order valence-corrected chi connectivity index (χ1v) is 14.5. The zero-order chi connectivity index (χ0) is 23.1. The SMILES string of the molecule is COS(=O)(=O)[O-].COc1ccccc1[Si](O)(CN1CC[N+](C)(C)CC1)C1CCCCC1. The minimum absolute atomic E-state index is 0.460. The summed E-state index contributed by atoms with van der Waals surface area (Å²) in [6.07, 6.45) is 7.06. The van der Waals surface area contributed by atoms with Gasteiger partial charge in [-0.2, -0.15) is 0 Å². The Morgan fingerprint density at radius 3 is 2.19 bits per heavy atom. The molecule has 0 amide bonds. The second kappa shape index (κ2) is 11.2. The van der Waals surface area contributed by atoms with Crippen LogP contribution in [-0.4, -0.2) is 96.1 Å². The fourth-order valence-corrected chi connectivity index (χ4v) is 8.79. The molecular formula is C21H38N2O6SSi. The molecule has 1 aliphatic heterocycles. The molecule has 1 aromatic carbocycles. The van der Waals surface area contributed by atoms with Crippen LogP contribution in [0, 0.1) is 0 Å². The highest BCUT2D eigenvalue weighted by molar-refractivity contribution is 7.80. The molecule has 1 atom stereocenters. The molecule has 0 aromatic heterocycles. The molecule has 1 unspecified atom stereocenters. The third-order valence-electron chi connectivity index (χ3n) is 6.57. The van der Waals surface area contributed by atoms with Crippen LogP contribution in [0.3, 0.4) is 0 Å². The zero-order valence-electron chi connectivity index (χ0n) is 19.2. The summed E-state index contributed by atoms with van der Waals surface area (Å²) in [5, 5.41) is 1.11. The first-order valence-electron chi connectivity index (χ1n) is 10.9. The highest BCUT2D eigenvalue weighted by Gasteiger charge is 2.46. The standard InChI is InChI=1S/C20H35N2O2Si.CH4O4S/c1-22(2)15-13-21(14-16-22)17-25(23,18-9-5-4-6-10-18)20-12-8-7-11-19(20)24-3;1-5-6(2,3)4/h7-8,11-12,18,23H,4-6,9-10,13-17H2,1-3H3;1H3,(H,2,3,4)/q+1;/p-1. The van der Waals surface area contributed by atoms with E-state index in [0.717, 1.165) is 41.8 Å². The summed E-state index contributed by atoms with van der Waals surface area (Å²) < 4.78 is 37.8. The monoisotopic (exact) mass is 474 g/mol. The predicted octanol–water partition coefficient (Wildman–Crippen LogP) is 1.20. The number of piperazine rings is 1. The van der Waals surface area contributed by atoms with Crippen LogP contribution in [0.4, 0.5) is 0 Å². The van der Waals surface area contributed by atoms with E-state index in [-0.39, 0.29) is 0 Å². The van der Waals surface area contributed by atoms with Crippen molar-refractivity contribution in [3.05, 3.63) is 24.3 Å². The molecule has 0 radical (unpaired) electrons. The van der Waals surface area contributed by atoms with Crippen molar-refractivity contribution < 1.29 is 31.2 Å². The smallest absolute Gasteiger partial charge is 0.240 e. The van der Waals surface area contributed by atoms with Gasteiger partial charge in [0.25, 0.3) is 0 Å². The van der Waals surface area contributed by atoms with Crippen LogP contribution in [0.2, 0.25) is 5.54 Å². The molecule has 1 aromatic rings. The van der Waals surface area contributed by atoms with E-state index < -0.39 is 18.7 Å². The number of benzene rings is 1. The van der Waals surface area contributed by atoms with Gasteiger partial charge in [0.1, 0.15) is 5.75 Å². The Hall–Kier alpha value is -1.01. The van der Waals surface area contributed by atoms with Crippen LogP contribution in [0.1, 0.15) is 32.1 Å². The largest absolute Gasteiger partial charge is 0.726 e. The van der Waals surface area contributed by atoms with E-state index in [4.69, 9.17) is 4.74 Å². The zero-order valence-corrected chi connectivity index (χ0v) is 21.1. The maximum atomic E-state index is 12.1. The fourth-order valence-electron chi connectivity index (χ4n) is 4.56. The number of hydrogen-bond donors (Lipinski definition) is 1. The summed E-state index contributed by atoms with van der Waals surface area (Å²) in [5.74, 6) is 0.885. The topological polar surface area (TPSA) is 99.1 Å². The highest BCUT2D eigenvalue weighted by atomic mass is 32.3. The van der Waals surface area contributed by atoms with Gasteiger partial charge >= 0.3 is 0 Å². The van der Waals surface area contributed by atoms with E-state index in [0.29, 0.717) is 5.54 Å². The summed E-state index contributed by atoms with van der Waals surface area (Å²) in [6.45, 7) is 4.51. The Morgan fingerprint density at radius 1 is 1.13 bits per heavy atom. The lowest BCUT2D eigenvalue weighted by molar-refractivity contribution is -0.894. The number of methoxy groups -OCH3 is 1. The summed E-state index contributed by atoms with van der Waals surface area (Å²) in [6, 6.07) is 8.23. The molecule has 31 heavy (non-hydrogen) atoms. The summed E-state index contributed by atoms with van der Waals surface area (Å²) in [7, 11) is 0.113. The van der Waals surface area contributed by atoms with Gasteiger partial charge in [-0.3, -0.25) is 9.08 Å². The Balaban J connectivity index is 0.000000501. The lowest BCUT2D eigenvalue weighted by atomic mass is 10.0. The number of likely N-dealkylation sites (N-methyl/N-ethyl adjacent to an activating group) is 1. The van der Waals surface area contributed by atoms with Gasteiger partial charge in [0, 0.05) is 24.4 Å². The molecule has 1 N–H and O–H groups in total. The molecule has 10 heteroatoms. The summed E-state index contributed by atoms with van der Waals surface area (Å²) >= 11 is 0. The molecule has 1 saturated carbocycles. The van der Waals surface area contributed by atoms with Crippen molar-refractivity contribution in [2.24, 2.45) is 0 Å². The van der Waals surface area contributed by atoms with Crippen molar-refractivity contribution in [1.29, 1.82) is 0 Å². The molecular weight excluding hydrogens is 436 g/mol. The number of rotatable bonds is 6. The Kier molecular flexibility index (Phi) is 9.50. The average molecular weight is 475 g/mol. The maximum absolute atomic E-state index is 12.1. The van der Waals surface area contributed by atoms with E-state index in [9.17, 15) is 17.8 Å². The Labute approximate surface area is 188 Å². The van der Waals surface area contributed by atoms with Crippen LogP contribution < -0.4 is 9.92 Å². The molecule has 8 nitrogen and oxygen atoms in total. The quantitative estimate of drug-likeness (QED) is 0.286. The van der Waals surface area contributed by atoms with Gasteiger partial charge in [-0.15, -0.1) is 0 Å². The lowest BCUT2D eigenvalue weighted by Gasteiger charge is -2.44. The van der Waals surface area contributed by atoms with Crippen molar-refractivity contribution in [2.75, 3.05) is 60.7 Å². The van der Waals surface area contributed by atoms with Crippen LogP contribution in [-0.2, 0) is 14.6 Å². The average Bonchev–Trinajstić information content (AvgIpc) is 2.75. The van der Waals surface area contributed by atoms with Crippen molar-refractivity contribution >= 4 is 23.9 Å². The first-order chi connectivity index (χ1) is 14.5. The number of ether oxygens (including phenoxy) is 1. The van der Waals surface area contributed by atoms with Gasteiger partial charge < -0.3 is 18.6 Å². The van der Waals surface area contributed by atoms with Gasteiger partial charge in [0.2, 0.25) is 18.7 Å². The van der Waals surface area contributed by atoms with Crippen molar-refractivity contribution in [3.8, 4) is 5.75 Å². The first kappa shape index (κ1) is 26.2. The van der Waals surface area contributed by atoms with Gasteiger partial charge in [0.15, 0.2) is 0 Å². The molecule has 1 aliphatic carbocycles. The second-order valence-electron chi connectivity index (χ2n) is 9.19. The van der Waals surface area contributed by atoms with E-state index in [2.05, 4.69) is 35.3 Å². The third kappa shape index (κ3) is 7.81. The number of nitrogens with zero attached hydrogens (tertiary/aromatic N) is 2. The van der Waals surface area contributed by atoms with Crippen molar-refractivity contribution in [1.82, 2.24) is 4.90 Å². The van der Waals surface area contributed by atoms with E-state index in [1.54, 1.807) is 7.11 Å². The maximum Gasteiger partial charge on any atom is 0.240 e. The van der Waals surface area contributed by atoms with E-state index >= 15 is 0 Å². The molecule has 1 saturated heterocycles. The van der Waals surface area contributed by atoms with E-state index in [1.807, 2.05) is 12.1 Å². The molecule has 2 fully saturated rings. The van der Waals surface area contributed by atoms with Crippen LogP contribution in [0.5, 0.6) is 5.75 Å². The molecule has 0 bridgehead atoms. The third-order valence-corrected chi connectivity index (χ3v) is 11.2. The van der Waals surface area contributed by atoms with Crippen LogP contribution in [0.15, 0.2) is 24.3 Å². The van der Waals surface area contributed by atoms with Gasteiger partial charge in [0.05, 0.1) is 41.4 Å². The Bertz CT molecular complexity index is 791. The Morgan fingerprint density at radius 2 is 1.68 bits per heavy atom. The molecule has 2 aliphatic rings. The van der Waals surface area contributed by atoms with Gasteiger partial charge in [-0.1, -0.05) is 50.3 Å². The lowest BCUT2D eigenvalue weighted by Crippen LogP contribution is -2.64. The predicted molar refractivity (Wildman–Crippen MR) is 122 cm³/mol. The highest BCUT2D eigenvalue weighted by Crippen LogP contribution is 2.37. The number of quaternary nitrogens is 1. The van der Waals surface area contributed by atoms with Crippen LogP contribution in [0.25, 0.3) is 0 Å². The number of hydrogen-bond acceptors (Lipinski definition) is 7.